The maximum Gasteiger partial charge on any atom is 0.419 e. The van der Waals surface area contributed by atoms with Crippen molar-refractivity contribution in [2.24, 2.45) is 0 Å². The normalized spacial score (nSPS) is 10.5. The first-order valence-electron chi connectivity index (χ1n) is 5.52. The zero-order valence-corrected chi connectivity index (χ0v) is 9.79. The van der Waals surface area contributed by atoms with Crippen molar-refractivity contribution in [2.45, 2.75) is 13.3 Å². The quantitative estimate of drug-likeness (QED) is 0.899. The summed E-state index contributed by atoms with van der Waals surface area (Å²) in [6.07, 6.45) is 1.51. The van der Waals surface area contributed by atoms with Gasteiger partial charge in [0.1, 0.15) is 5.69 Å². The molecule has 18 heavy (non-hydrogen) atoms. The first-order valence-corrected chi connectivity index (χ1v) is 5.52. The molecule has 0 aliphatic rings. The number of nitrogens with zero attached hydrogens (tertiary/aromatic N) is 2. The van der Waals surface area contributed by atoms with Crippen molar-refractivity contribution in [2.75, 3.05) is 6.61 Å². The Morgan fingerprint density at radius 1 is 1.50 bits per heavy atom. The number of carbonyl (C=O) groups excluding carboxylic acids is 1. The lowest BCUT2D eigenvalue weighted by Gasteiger charge is -2.06. The third-order valence-corrected chi connectivity index (χ3v) is 2.40. The molecule has 0 aromatic carbocycles. The molecule has 2 rings (SSSR count). The van der Waals surface area contributed by atoms with Crippen molar-refractivity contribution in [3.8, 4) is 0 Å². The number of carboxylic acids is 1. The van der Waals surface area contributed by atoms with E-state index >= 15 is 0 Å². The first kappa shape index (κ1) is 12.1. The standard InChI is InChI=1S/C12H12N2O4/c1-2-6-18-12(17)14-9-4-3-5-13-8(9)7-10(14)11(15)16/h3-5,7H,2,6H2,1H3,(H,15,16). The second-order valence-electron chi connectivity index (χ2n) is 3.69. The lowest BCUT2D eigenvalue weighted by molar-refractivity contribution is 0.0682. The van der Waals surface area contributed by atoms with Crippen molar-refractivity contribution in [1.82, 2.24) is 9.55 Å². The Balaban J connectivity index is 2.55. The van der Waals surface area contributed by atoms with Gasteiger partial charge in [-0.1, -0.05) is 6.92 Å². The van der Waals surface area contributed by atoms with Crippen LogP contribution in [0.1, 0.15) is 23.8 Å². The van der Waals surface area contributed by atoms with Crippen LogP contribution in [-0.2, 0) is 4.74 Å². The van der Waals surface area contributed by atoms with E-state index in [1.165, 1.54) is 12.3 Å². The zero-order valence-electron chi connectivity index (χ0n) is 9.79. The lowest BCUT2D eigenvalue weighted by Crippen LogP contribution is -2.19. The fourth-order valence-corrected chi connectivity index (χ4v) is 1.64. The Morgan fingerprint density at radius 3 is 2.94 bits per heavy atom. The van der Waals surface area contributed by atoms with Crippen molar-refractivity contribution in [3.05, 3.63) is 30.1 Å². The van der Waals surface area contributed by atoms with E-state index in [4.69, 9.17) is 9.84 Å². The van der Waals surface area contributed by atoms with E-state index in [1.807, 2.05) is 6.92 Å². The number of aromatic nitrogens is 2. The van der Waals surface area contributed by atoms with E-state index in [1.54, 1.807) is 12.1 Å². The van der Waals surface area contributed by atoms with E-state index in [0.717, 1.165) is 4.57 Å². The van der Waals surface area contributed by atoms with Gasteiger partial charge in [0, 0.05) is 6.20 Å². The Morgan fingerprint density at radius 2 is 2.28 bits per heavy atom. The molecule has 0 saturated heterocycles. The van der Waals surface area contributed by atoms with Gasteiger partial charge in [-0.2, -0.15) is 0 Å². The number of rotatable bonds is 3. The second kappa shape index (κ2) is 4.87. The van der Waals surface area contributed by atoms with Gasteiger partial charge in [-0.15, -0.1) is 0 Å². The van der Waals surface area contributed by atoms with Crippen LogP contribution in [0.15, 0.2) is 24.4 Å². The Bertz CT molecular complexity index is 603. The number of hydrogen-bond donors (Lipinski definition) is 1. The minimum atomic E-state index is -1.19. The summed E-state index contributed by atoms with van der Waals surface area (Å²) in [6.45, 7) is 2.11. The molecule has 0 amide bonds. The zero-order chi connectivity index (χ0) is 13.1. The van der Waals surface area contributed by atoms with Crippen molar-refractivity contribution < 1.29 is 19.4 Å². The van der Waals surface area contributed by atoms with Gasteiger partial charge in [-0.05, 0) is 24.6 Å². The number of hydrogen-bond acceptors (Lipinski definition) is 4. The van der Waals surface area contributed by atoms with Gasteiger partial charge in [-0.3, -0.25) is 4.98 Å². The number of aromatic carboxylic acids is 1. The highest BCUT2D eigenvalue weighted by Gasteiger charge is 2.20. The van der Waals surface area contributed by atoms with Crippen LogP contribution in [0.2, 0.25) is 0 Å². The molecule has 2 aromatic rings. The van der Waals surface area contributed by atoms with Gasteiger partial charge < -0.3 is 9.84 Å². The molecule has 94 valence electrons. The number of carboxylic acid groups (broad SMARTS) is 1. The number of pyridine rings is 1. The third-order valence-electron chi connectivity index (χ3n) is 2.40. The SMILES string of the molecule is CCCOC(=O)n1c(C(=O)O)cc2ncccc21. The van der Waals surface area contributed by atoms with E-state index in [9.17, 15) is 9.59 Å². The van der Waals surface area contributed by atoms with Gasteiger partial charge in [-0.25, -0.2) is 14.2 Å². The van der Waals surface area contributed by atoms with Crippen LogP contribution in [0.3, 0.4) is 0 Å². The lowest BCUT2D eigenvalue weighted by atomic mass is 10.4. The molecular formula is C12H12N2O4. The molecule has 0 bridgehead atoms. The summed E-state index contributed by atoms with van der Waals surface area (Å²) in [4.78, 5) is 27.0. The van der Waals surface area contributed by atoms with E-state index in [2.05, 4.69) is 4.98 Å². The Kier molecular flexibility index (Phi) is 3.27. The maximum absolute atomic E-state index is 11.9. The van der Waals surface area contributed by atoms with Crippen LogP contribution >= 0.6 is 0 Å². The minimum Gasteiger partial charge on any atom is -0.477 e. The topological polar surface area (TPSA) is 81.4 Å². The molecule has 0 atom stereocenters. The maximum atomic E-state index is 11.9. The highest BCUT2D eigenvalue weighted by molar-refractivity contribution is 5.99. The largest absolute Gasteiger partial charge is 0.477 e. The summed E-state index contributed by atoms with van der Waals surface area (Å²) in [5.74, 6) is -1.19. The fourth-order valence-electron chi connectivity index (χ4n) is 1.64. The van der Waals surface area contributed by atoms with Crippen LogP contribution in [-0.4, -0.2) is 33.3 Å². The van der Waals surface area contributed by atoms with Gasteiger partial charge in [0.05, 0.1) is 17.6 Å². The molecule has 0 fully saturated rings. The fraction of sp³-hybridized carbons (Fsp3) is 0.250. The van der Waals surface area contributed by atoms with E-state index in [-0.39, 0.29) is 12.3 Å². The molecule has 1 N–H and O–H groups in total. The van der Waals surface area contributed by atoms with Crippen LogP contribution in [0.4, 0.5) is 4.79 Å². The van der Waals surface area contributed by atoms with Crippen LogP contribution < -0.4 is 0 Å². The first-order chi connectivity index (χ1) is 8.65. The predicted octanol–water partition coefficient (Wildman–Crippen LogP) is 2.13. The Labute approximate surface area is 103 Å². The Hall–Kier alpha value is -2.37. The average molecular weight is 248 g/mol. The van der Waals surface area contributed by atoms with Crippen molar-refractivity contribution in [3.63, 3.8) is 0 Å². The van der Waals surface area contributed by atoms with Crippen molar-refractivity contribution in [1.29, 1.82) is 0 Å². The predicted molar refractivity (Wildman–Crippen MR) is 63.7 cm³/mol. The van der Waals surface area contributed by atoms with Crippen molar-refractivity contribution >= 4 is 23.1 Å². The molecule has 0 saturated carbocycles. The number of fused-ring (bicyclic) bond motifs is 1. The summed E-state index contributed by atoms with van der Waals surface area (Å²) >= 11 is 0. The highest BCUT2D eigenvalue weighted by Crippen LogP contribution is 2.18. The number of carbonyl (C=O) groups is 2. The van der Waals surface area contributed by atoms with Crippen LogP contribution in [0, 0.1) is 0 Å². The average Bonchev–Trinajstić information content (AvgIpc) is 2.75. The summed E-state index contributed by atoms with van der Waals surface area (Å²) in [5.41, 5.74) is 0.726. The summed E-state index contributed by atoms with van der Waals surface area (Å²) in [6, 6.07) is 4.62. The molecule has 6 nitrogen and oxygen atoms in total. The van der Waals surface area contributed by atoms with E-state index < -0.39 is 12.1 Å². The molecular weight excluding hydrogens is 236 g/mol. The molecule has 0 aliphatic heterocycles. The summed E-state index contributed by atoms with van der Waals surface area (Å²) in [7, 11) is 0. The molecule has 0 spiro atoms. The van der Waals surface area contributed by atoms with E-state index in [0.29, 0.717) is 17.5 Å². The monoisotopic (exact) mass is 248 g/mol. The summed E-state index contributed by atoms with van der Waals surface area (Å²) < 4.78 is 6.00. The van der Waals surface area contributed by atoms with Gasteiger partial charge in [0.15, 0.2) is 0 Å². The molecule has 2 heterocycles. The van der Waals surface area contributed by atoms with Crippen LogP contribution in [0.25, 0.3) is 11.0 Å². The van der Waals surface area contributed by atoms with Gasteiger partial charge in [0.2, 0.25) is 0 Å². The smallest absolute Gasteiger partial charge is 0.419 e. The van der Waals surface area contributed by atoms with Gasteiger partial charge >= 0.3 is 12.1 Å². The minimum absolute atomic E-state index is 0.148. The van der Waals surface area contributed by atoms with Crippen LogP contribution in [0.5, 0.6) is 0 Å². The molecule has 0 radical (unpaired) electrons. The second-order valence-corrected chi connectivity index (χ2v) is 3.69. The molecule has 6 heteroatoms. The molecule has 0 aliphatic carbocycles. The molecule has 2 aromatic heterocycles. The third kappa shape index (κ3) is 2.04. The summed E-state index contributed by atoms with van der Waals surface area (Å²) in [5, 5.41) is 9.08. The highest BCUT2D eigenvalue weighted by atomic mass is 16.5. The van der Waals surface area contributed by atoms with Gasteiger partial charge in [0.25, 0.3) is 0 Å². The molecule has 0 unspecified atom stereocenters. The number of ether oxygens (including phenoxy) is 1.